The van der Waals surface area contributed by atoms with Crippen molar-refractivity contribution in [3.8, 4) is 0 Å². The Balaban J connectivity index is 2.86. The number of nitrogens with zero attached hydrogens (tertiary/aromatic N) is 1. The van der Waals surface area contributed by atoms with Gasteiger partial charge in [0.05, 0.1) is 0 Å². The molecule has 0 heterocycles. The summed E-state index contributed by atoms with van der Waals surface area (Å²) >= 11 is 0. The Labute approximate surface area is 91.2 Å². The molecule has 0 N–H and O–H groups in total. The Morgan fingerprint density at radius 2 is 1.80 bits per heavy atom. The smallest absolute Gasteiger partial charge is 0.150 e. The molecule has 0 aromatic heterocycles. The number of carbonyl (C=O) groups is 1. The van der Waals surface area contributed by atoms with Gasteiger partial charge in [0, 0.05) is 24.4 Å². The van der Waals surface area contributed by atoms with E-state index in [4.69, 9.17) is 0 Å². The van der Waals surface area contributed by atoms with Crippen LogP contribution in [0.15, 0.2) is 30.8 Å². The monoisotopic (exact) mass is 203 g/mol. The summed E-state index contributed by atoms with van der Waals surface area (Å²) in [5.74, 6) is 0. The highest BCUT2D eigenvalue weighted by Crippen LogP contribution is 2.16. The molecule has 0 fully saturated rings. The van der Waals surface area contributed by atoms with Crippen molar-refractivity contribution in [1.82, 2.24) is 4.90 Å². The first-order chi connectivity index (χ1) is 7.22. The maximum atomic E-state index is 10.5. The van der Waals surface area contributed by atoms with Crippen LogP contribution in [0.4, 0.5) is 0 Å². The zero-order valence-corrected chi connectivity index (χ0v) is 9.36. The molecule has 0 radical (unpaired) electrons. The van der Waals surface area contributed by atoms with Gasteiger partial charge in [-0.2, -0.15) is 0 Å². The minimum Gasteiger partial charge on any atom is -0.372 e. The van der Waals surface area contributed by atoms with Crippen molar-refractivity contribution in [1.29, 1.82) is 0 Å². The highest BCUT2D eigenvalue weighted by Gasteiger charge is 2.05. The third-order valence-electron chi connectivity index (χ3n) is 2.53. The molecule has 0 saturated heterocycles. The van der Waals surface area contributed by atoms with E-state index in [1.807, 2.05) is 24.3 Å². The highest BCUT2D eigenvalue weighted by atomic mass is 16.1. The summed E-state index contributed by atoms with van der Waals surface area (Å²) in [6.07, 6.45) is 0.851. The molecule has 2 nitrogen and oxygen atoms in total. The van der Waals surface area contributed by atoms with E-state index in [-0.39, 0.29) is 0 Å². The normalized spacial score (nSPS) is 9.73. The van der Waals surface area contributed by atoms with Crippen LogP contribution < -0.4 is 0 Å². The molecule has 0 amide bonds. The number of hydrogen-bond donors (Lipinski definition) is 0. The van der Waals surface area contributed by atoms with E-state index in [9.17, 15) is 4.79 Å². The fourth-order valence-electron chi connectivity index (χ4n) is 1.54. The van der Waals surface area contributed by atoms with Crippen molar-refractivity contribution in [3.05, 3.63) is 42.0 Å². The molecule has 0 spiro atoms. The molecule has 15 heavy (non-hydrogen) atoms. The molecule has 0 aliphatic rings. The second-order valence-corrected chi connectivity index (χ2v) is 3.36. The topological polar surface area (TPSA) is 20.3 Å². The van der Waals surface area contributed by atoms with Crippen LogP contribution in [0.1, 0.15) is 29.8 Å². The zero-order valence-electron chi connectivity index (χ0n) is 9.36. The fourth-order valence-corrected chi connectivity index (χ4v) is 1.54. The number of aldehydes is 1. The van der Waals surface area contributed by atoms with E-state index in [1.54, 1.807) is 0 Å². The first-order valence-electron chi connectivity index (χ1n) is 5.22. The number of carbonyl (C=O) groups excluding carboxylic acids is 1. The maximum Gasteiger partial charge on any atom is 0.150 e. The highest BCUT2D eigenvalue weighted by molar-refractivity contribution is 5.76. The summed E-state index contributed by atoms with van der Waals surface area (Å²) < 4.78 is 0. The molecule has 1 aromatic carbocycles. The molecule has 1 aromatic rings. The van der Waals surface area contributed by atoms with Gasteiger partial charge in [0.1, 0.15) is 6.29 Å². The minimum atomic E-state index is 0.700. The van der Waals surface area contributed by atoms with Crippen LogP contribution in [-0.2, 0) is 0 Å². The van der Waals surface area contributed by atoms with Crippen LogP contribution in [0.2, 0.25) is 0 Å². The van der Waals surface area contributed by atoms with Gasteiger partial charge in [-0.1, -0.05) is 30.8 Å². The van der Waals surface area contributed by atoms with E-state index < -0.39 is 0 Å². The van der Waals surface area contributed by atoms with Crippen LogP contribution in [0.3, 0.4) is 0 Å². The zero-order chi connectivity index (χ0) is 11.3. The second-order valence-electron chi connectivity index (χ2n) is 3.36. The van der Waals surface area contributed by atoms with E-state index in [0.717, 1.165) is 30.6 Å². The van der Waals surface area contributed by atoms with Crippen LogP contribution in [-0.4, -0.2) is 24.3 Å². The first-order valence-corrected chi connectivity index (χ1v) is 5.22. The van der Waals surface area contributed by atoms with E-state index >= 15 is 0 Å². The summed E-state index contributed by atoms with van der Waals surface area (Å²) in [4.78, 5) is 12.7. The van der Waals surface area contributed by atoms with Crippen LogP contribution in [0.5, 0.6) is 0 Å². The van der Waals surface area contributed by atoms with Gasteiger partial charge >= 0.3 is 0 Å². The Kier molecular flexibility index (Phi) is 4.10. The largest absolute Gasteiger partial charge is 0.372 e. The summed E-state index contributed by atoms with van der Waals surface area (Å²) in [6, 6.07) is 7.50. The predicted molar refractivity (Wildman–Crippen MR) is 63.8 cm³/mol. The maximum absolute atomic E-state index is 10.5. The Morgan fingerprint density at radius 1 is 1.27 bits per heavy atom. The number of benzene rings is 1. The lowest BCUT2D eigenvalue weighted by molar-refractivity contribution is 0.112. The molecule has 0 atom stereocenters. The van der Waals surface area contributed by atoms with Crippen molar-refractivity contribution in [2.75, 3.05) is 13.1 Å². The molecule has 0 aliphatic carbocycles. The number of hydrogen-bond acceptors (Lipinski definition) is 2. The summed E-state index contributed by atoms with van der Waals surface area (Å²) in [5, 5.41) is 0. The van der Waals surface area contributed by atoms with E-state index in [1.165, 1.54) is 0 Å². The van der Waals surface area contributed by atoms with Crippen molar-refractivity contribution < 1.29 is 4.79 Å². The second kappa shape index (κ2) is 5.35. The molecule has 0 saturated carbocycles. The van der Waals surface area contributed by atoms with Crippen LogP contribution >= 0.6 is 0 Å². The van der Waals surface area contributed by atoms with Gasteiger partial charge in [0.15, 0.2) is 0 Å². The Morgan fingerprint density at radius 3 is 2.20 bits per heavy atom. The summed E-state index contributed by atoms with van der Waals surface area (Å²) in [7, 11) is 0. The molecule has 80 valence electrons. The van der Waals surface area contributed by atoms with Gasteiger partial charge in [-0.3, -0.25) is 4.79 Å². The van der Waals surface area contributed by atoms with E-state index in [0.29, 0.717) is 5.56 Å². The quantitative estimate of drug-likeness (QED) is 0.686. The standard InChI is InChI=1S/C13H17NO/c1-4-14(5-2)11(3)13-8-6-12(10-15)7-9-13/h6-10H,3-5H2,1-2H3. The van der Waals surface area contributed by atoms with Gasteiger partial charge in [0.2, 0.25) is 0 Å². The third kappa shape index (κ3) is 2.69. The lowest BCUT2D eigenvalue weighted by Gasteiger charge is -2.23. The molecular formula is C13H17NO. The molecule has 2 heteroatoms. The van der Waals surface area contributed by atoms with Crippen LogP contribution in [0, 0.1) is 0 Å². The van der Waals surface area contributed by atoms with Gasteiger partial charge in [-0.25, -0.2) is 0 Å². The molecule has 0 unspecified atom stereocenters. The average Bonchev–Trinajstić information content (AvgIpc) is 2.30. The van der Waals surface area contributed by atoms with Crippen molar-refractivity contribution >= 4 is 12.0 Å². The molecule has 1 rings (SSSR count). The summed E-state index contributed by atoms with van der Waals surface area (Å²) in [5.41, 5.74) is 2.79. The SMILES string of the molecule is C=C(c1ccc(C=O)cc1)N(CC)CC. The van der Waals surface area contributed by atoms with Gasteiger partial charge in [-0.15, -0.1) is 0 Å². The molecule has 0 bridgehead atoms. The minimum absolute atomic E-state index is 0.700. The predicted octanol–water partition coefficient (Wildman–Crippen LogP) is 2.81. The van der Waals surface area contributed by atoms with Gasteiger partial charge < -0.3 is 4.90 Å². The average molecular weight is 203 g/mol. The molecule has 0 aliphatic heterocycles. The molecular weight excluding hydrogens is 186 g/mol. The van der Waals surface area contributed by atoms with Gasteiger partial charge in [-0.05, 0) is 19.4 Å². The first kappa shape index (κ1) is 11.5. The fraction of sp³-hybridized carbons (Fsp3) is 0.308. The van der Waals surface area contributed by atoms with E-state index in [2.05, 4.69) is 25.3 Å². The van der Waals surface area contributed by atoms with Crippen molar-refractivity contribution in [3.63, 3.8) is 0 Å². The summed E-state index contributed by atoms with van der Waals surface area (Å²) in [6.45, 7) is 10.2. The van der Waals surface area contributed by atoms with Crippen molar-refractivity contribution in [2.24, 2.45) is 0 Å². The van der Waals surface area contributed by atoms with Crippen molar-refractivity contribution in [2.45, 2.75) is 13.8 Å². The number of rotatable bonds is 5. The van der Waals surface area contributed by atoms with Gasteiger partial charge in [0.25, 0.3) is 0 Å². The Bertz CT molecular complexity index is 336. The Hall–Kier alpha value is -1.57. The third-order valence-corrected chi connectivity index (χ3v) is 2.53. The lowest BCUT2D eigenvalue weighted by Crippen LogP contribution is -2.20. The van der Waals surface area contributed by atoms with Crippen LogP contribution in [0.25, 0.3) is 5.70 Å². The lowest BCUT2D eigenvalue weighted by atomic mass is 10.1.